The number of fused-ring (bicyclic) bond motifs is 5. The lowest BCUT2D eigenvalue weighted by atomic mass is 10.1. The number of nitrogens with one attached hydrogen (secondary N) is 1. The number of benzene rings is 2. The molecule has 0 saturated carbocycles. The molecule has 0 bridgehead atoms. The van der Waals surface area contributed by atoms with Gasteiger partial charge in [-0.25, -0.2) is 23.0 Å². The molecule has 0 unspecified atom stereocenters. The van der Waals surface area contributed by atoms with Crippen LogP contribution in [0.2, 0.25) is 0 Å². The molecule has 5 aromatic rings. The molecule has 0 atom stereocenters. The first-order valence-electron chi connectivity index (χ1n) is 11.0. The zero-order valence-electron chi connectivity index (χ0n) is 20.0. The number of hydrogen-bond donors (Lipinski definition) is 1. The van der Waals surface area contributed by atoms with Crippen molar-refractivity contribution in [3.8, 4) is 0 Å². The summed E-state index contributed by atoms with van der Waals surface area (Å²) in [5.41, 5.74) is 6.04. The molecule has 0 aliphatic rings. The number of rotatable bonds is 4. The number of aryl methyl sites for hydroxylation is 1. The average Bonchev–Trinajstić information content (AvgIpc) is 3.16. The van der Waals surface area contributed by atoms with Crippen LogP contribution >= 0.6 is 0 Å². The highest BCUT2D eigenvalue weighted by Gasteiger charge is 2.25. The largest absolute Gasteiger partial charge is 0.369 e. The van der Waals surface area contributed by atoms with Crippen LogP contribution in [0.1, 0.15) is 21.5 Å². The Balaban J connectivity index is 0.000000556. The topological polar surface area (TPSA) is 133 Å². The molecular formula is C26H25ClN4O5. The summed E-state index contributed by atoms with van der Waals surface area (Å²) in [6.07, 6.45) is 2.06. The fourth-order valence-electron chi connectivity index (χ4n) is 4.35. The molecule has 3 heterocycles. The van der Waals surface area contributed by atoms with E-state index in [0.717, 1.165) is 33.4 Å². The normalized spacial score (nSPS) is 11.4. The molecule has 0 saturated heterocycles. The van der Waals surface area contributed by atoms with Crippen molar-refractivity contribution >= 4 is 33.8 Å². The second kappa shape index (κ2) is 10.1. The summed E-state index contributed by atoms with van der Waals surface area (Å²) in [6.45, 7) is 2.56. The van der Waals surface area contributed by atoms with Gasteiger partial charge < -0.3 is 5.32 Å². The standard InChI is InChI=1S/C26H24N4O.ClHO4/c1-18-9-8-10-19(15-18)17-27-25(31)21-16-24-23-13-6-7-14-29(23)26(28(2)3)30(24)22-12-5-4-11-20(21)22;2-1(3,4)5/h4-16H,17H2,1-3H3;(H,2,3,4,5). The number of halogens is 1. The third-order valence-electron chi connectivity index (χ3n) is 5.68. The minimum Gasteiger partial charge on any atom is -0.348 e. The molecule has 0 fully saturated rings. The molecule has 2 aromatic carbocycles. The van der Waals surface area contributed by atoms with Gasteiger partial charge in [0.1, 0.15) is 16.6 Å². The van der Waals surface area contributed by atoms with Crippen LogP contribution in [0.5, 0.6) is 0 Å². The van der Waals surface area contributed by atoms with Gasteiger partial charge in [-0.3, -0.25) is 9.69 Å². The van der Waals surface area contributed by atoms with Crippen LogP contribution in [-0.2, 0) is 6.54 Å². The number of anilines is 1. The van der Waals surface area contributed by atoms with Crippen LogP contribution in [0.3, 0.4) is 0 Å². The van der Waals surface area contributed by atoms with E-state index in [1.54, 1.807) is 0 Å². The first-order chi connectivity index (χ1) is 17.0. The maximum Gasteiger partial charge on any atom is 0.369 e. The summed E-state index contributed by atoms with van der Waals surface area (Å²) in [5.74, 6) is 0.968. The zero-order chi connectivity index (χ0) is 26.0. The van der Waals surface area contributed by atoms with Gasteiger partial charge in [0.05, 0.1) is 25.9 Å². The van der Waals surface area contributed by atoms with E-state index in [1.807, 2.05) is 62.6 Å². The fourth-order valence-corrected chi connectivity index (χ4v) is 4.35. The third-order valence-corrected chi connectivity index (χ3v) is 5.68. The van der Waals surface area contributed by atoms with E-state index in [1.165, 1.54) is 5.56 Å². The SMILES string of the molecule is Cc1cccc(CNC(=O)c2cc3c4cccc[n+]4c(N(C)C)n3c3ccccc23)c1.[O-][Cl+3]([O-])([O-])[O-]. The number of aromatic nitrogens is 2. The van der Waals surface area contributed by atoms with E-state index in [-0.39, 0.29) is 5.91 Å². The fraction of sp³-hybridized carbons (Fsp3) is 0.154. The molecule has 186 valence electrons. The molecule has 0 spiro atoms. The molecule has 1 amide bonds. The van der Waals surface area contributed by atoms with E-state index in [0.29, 0.717) is 12.1 Å². The van der Waals surface area contributed by atoms with Crippen LogP contribution in [-0.4, -0.2) is 24.4 Å². The monoisotopic (exact) mass is 508 g/mol. The quantitative estimate of drug-likeness (QED) is 0.322. The summed E-state index contributed by atoms with van der Waals surface area (Å²) in [4.78, 5) is 15.4. The van der Waals surface area contributed by atoms with Gasteiger partial charge in [0, 0.05) is 11.9 Å². The molecular weight excluding hydrogens is 484 g/mol. The van der Waals surface area contributed by atoms with Crippen molar-refractivity contribution in [3.63, 3.8) is 0 Å². The number of nitrogens with zero attached hydrogens (tertiary/aromatic N) is 3. The van der Waals surface area contributed by atoms with E-state index in [2.05, 4.69) is 56.4 Å². The molecule has 9 nitrogen and oxygen atoms in total. The van der Waals surface area contributed by atoms with Crippen LogP contribution in [0.15, 0.2) is 79.0 Å². The maximum atomic E-state index is 13.3. The summed E-state index contributed by atoms with van der Waals surface area (Å²) in [5, 5.41) is 4.04. The van der Waals surface area contributed by atoms with Gasteiger partial charge >= 0.3 is 5.95 Å². The second-order valence-electron chi connectivity index (χ2n) is 8.50. The Bertz CT molecular complexity index is 1550. The zero-order valence-corrected chi connectivity index (χ0v) is 20.7. The Morgan fingerprint density at radius 1 is 0.944 bits per heavy atom. The molecule has 0 aliphatic heterocycles. The molecule has 5 rings (SSSR count). The van der Waals surface area contributed by atoms with E-state index in [9.17, 15) is 4.79 Å². The highest BCUT2D eigenvalue weighted by atomic mass is 35.7. The number of carbonyl (C=O) groups excluding carboxylic acids is 1. The smallest absolute Gasteiger partial charge is 0.348 e. The molecule has 10 heteroatoms. The predicted octanol–water partition coefficient (Wildman–Crippen LogP) is -0.620. The molecule has 3 aromatic heterocycles. The lowest BCUT2D eigenvalue weighted by molar-refractivity contribution is -2.00. The van der Waals surface area contributed by atoms with Crippen LogP contribution in [0, 0.1) is 17.2 Å². The Hall–Kier alpha value is -3.73. The lowest BCUT2D eigenvalue weighted by Gasteiger charge is -2.17. The minimum absolute atomic E-state index is 0.0677. The van der Waals surface area contributed by atoms with Gasteiger partial charge in [0.2, 0.25) is 0 Å². The van der Waals surface area contributed by atoms with Gasteiger partial charge in [-0.15, -0.1) is 10.2 Å². The van der Waals surface area contributed by atoms with Crippen LogP contribution in [0.4, 0.5) is 5.95 Å². The van der Waals surface area contributed by atoms with Crippen molar-refractivity contribution in [1.29, 1.82) is 0 Å². The van der Waals surface area contributed by atoms with Crippen molar-refractivity contribution in [2.75, 3.05) is 19.0 Å². The maximum absolute atomic E-state index is 13.3. The minimum atomic E-state index is -4.94. The number of hydrogen-bond acceptors (Lipinski definition) is 6. The van der Waals surface area contributed by atoms with Crippen molar-refractivity contribution in [3.05, 3.63) is 95.7 Å². The summed E-state index contributed by atoms with van der Waals surface area (Å²) >= 11 is 0. The number of amides is 1. The van der Waals surface area contributed by atoms with Gasteiger partial charge in [-0.2, -0.15) is 4.40 Å². The Labute approximate surface area is 209 Å². The highest BCUT2D eigenvalue weighted by molar-refractivity contribution is 6.09. The van der Waals surface area contributed by atoms with Crippen LogP contribution < -0.4 is 33.3 Å². The van der Waals surface area contributed by atoms with E-state index < -0.39 is 10.2 Å². The van der Waals surface area contributed by atoms with Gasteiger partial charge in [-0.1, -0.05) is 54.1 Å². The third kappa shape index (κ3) is 5.40. The molecule has 0 radical (unpaired) electrons. The summed E-state index contributed by atoms with van der Waals surface area (Å²) in [6, 6.07) is 24.5. The van der Waals surface area contributed by atoms with E-state index in [4.69, 9.17) is 18.6 Å². The first-order valence-corrected chi connectivity index (χ1v) is 12.3. The van der Waals surface area contributed by atoms with Crippen molar-refractivity contribution < 1.29 is 38.1 Å². The highest BCUT2D eigenvalue weighted by Crippen LogP contribution is 2.28. The van der Waals surface area contributed by atoms with Crippen molar-refractivity contribution in [2.45, 2.75) is 13.5 Å². The van der Waals surface area contributed by atoms with Gasteiger partial charge in [0.15, 0.2) is 0 Å². The van der Waals surface area contributed by atoms with Crippen molar-refractivity contribution in [1.82, 2.24) is 9.72 Å². The number of pyridine rings is 2. The van der Waals surface area contributed by atoms with Gasteiger partial charge in [-0.05, 0) is 36.8 Å². The Morgan fingerprint density at radius 3 is 2.33 bits per heavy atom. The molecule has 36 heavy (non-hydrogen) atoms. The van der Waals surface area contributed by atoms with E-state index >= 15 is 0 Å². The number of carbonyl (C=O) groups is 1. The average molecular weight is 509 g/mol. The van der Waals surface area contributed by atoms with Crippen LogP contribution in [0.25, 0.3) is 21.9 Å². The number of imidazole rings is 1. The second-order valence-corrected chi connectivity index (χ2v) is 9.25. The first kappa shape index (κ1) is 25.4. The summed E-state index contributed by atoms with van der Waals surface area (Å²) in [7, 11) is -0.864. The predicted molar refractivity (Wildman–Crippen MR) is 125 cm³/mol. The van der Waals surface area contributed by atoms with Gasteiger partial charge in [0.25, 0.3) is 5.91 Å². The lowest BCUT2D eigenvalue weighted by Crippen LogP contribution is -2.68. The Kier molecular flexibility index (Phi) is 7.11. The summed E-state index contributed by atoms with van der Waals surface area (Å²) < 4.78 is 38.4. The molecule has 0 aliphatic carbocycles. The Morgan fingerprint density at radius 2 is 1.64 bits per heavy atom. The van der Waals surface area contributed by atoms with Crippen molar-refractivity contribution in [2.24, 2.45) is 0 Å². The number of para-hydroxylation sites is 1. The molecule has 1 N–H and O–H groups in total.